The summed E-state index contributed by atoms with van der Waals surface area (Å²) in [7, 11) is 1.62. The van der Waals surface area contributed by atoms with E-state index < -0.39 is 0 Å². The van der Waals surface area contributed by atoms with Crippen LogP contribution in [0, 0.1) is 0 Å². The molecule has 0 saturated carbocycles. The number of hydrogen-bond donors (Lipinski definition) is 1. The van der Waals surface area contributed by atoms with Crippen LogP contribution in [0.15, 0.2) is 30.3 Å². The normalized spacial score (nSPS) is 29.2. The van der Waals surface area contributed by atoms with Gasteiger partial charge in [-0.3, -0.25) is 0 Å². The fourth-order valence-corrected chi connectivity index (χ4v) is 2.26. The molecule has 17 heavy (non-hydrogen) atoms. The maximum Gasteiger partial charge on any atom is 0.160 e. The zero-order chi connectivity index (χ0) is 12.1. The Kier molecular flexibility index (Phi) is 4.54. The Morgan fingerprint density at radius 2 is 2.06 bits per heavy atom. The second-order valence-electron chi connectivity index (χ2n) is 4.57. The van der Waals surface area contributed by atoms with Crippen molar-refractivity contribution >= 4 is 0 Å². The molecule has 2 rings (SSSR count). The molecule has 0 radical (unpaired) electrons. The molecule has 0 unspecified atom stereocenters. The average molecular weight is 236 g/mol. The van der Waals surface area contributed by atoms with Crippen molar-refractivity contribution < 1.29 is 14.6 Å². The van der Waals surface area contributed by atoms with Gasteiger partial charge in [-0.25, -0.2) is 0 Å². The van der Waals surface area contributed by atoms with Crippen molar-refractivity contribution in [3.8, 4) is 0 Å². The van der Waals surface area contributed by atoms with Crippen molar-refractivity contribution in [3.63, 3.8) is 0 Å². The molecule has 94 valence electrons. The Morgan fingerprint density at radius 3 is 2.76 bits per heavy atom. The molecule has 1 heterocycles. The summed E-state index contributed by atoms with van der Waals surface area (Å²) >= 11 is 0. The number of hydrogen-bond acceptors (Lipinski definition) is 3. The molecule has 3 nitrogen and oxygen atoms in total. The lowest BCUT2D eigenvalue weighted by atomic mass is 9.99. The highest BCUT2D eigenvalue weighted by atomic mass is 16.7. The number of ether oxygens (including phenoxy) is 2. The van der Waals surface area contributed by atoms with Gasteiger partial charge >= 0.3 is 0 Å². The van der Waals surface area contributed by atoms with Gasteiger partial charge in [-0.15, -0.1) is 0 Å². The summed E-state index contributed by atoms with van der Waals surface area (Å²) in [6, 6.07) is 10.3. The van der Waals surface area contributed by atoms with Crippen molar-refractivity contribution in [3.05, 3.63) is 35.9 Å². The molecular formula is C14H20O3. The fourth-order valence-electron chi connectivity index (χ4n) is 2.26. The van der Waals surface area contributed by atoms with Crippen LogP contribution in [0.4, 0.5) is 0 Å². The molecule has 3 heteroatoms. The summed E-state index contributed by atoms with van der Waals surface area (Å²) in [6.07, 6.45) is 2.76. The van der Waals surface area contributed by atoms with E-state index in [0.29, 0.717) is 12.8 Å². The Hall–Kier alpha value is -0.900. The van der Waals surface area contributed by atoms with E-state index in [9.17, 15) is 5.11 Å². The van der Waals surface area contributed by atoms with Crippen LogP contribution in [-0.2, 0) is 15.9 Å². The first kappa shape index (κ1) is 12.6. The Balaban J connectivity index is 1.82. The van der Waals surface area contributed by atoms with Crippen molar-refractivity contribution in [2.24, 2.45) is 0 Å². The van der Waals surface area contributed by atoms with Gasteiger partial charge in [-0.2, -0.15) is 0 Å². The van der Waals surface area contributed by atoms with E-state index in [1.165, 1.54) is 5.56 Å². The number of benzene rings is 1. The highest BCUT2D eigenvalue weighted by Crippen LogP contribution is 2.23. The van der Waals surface area contributed by atoms with Gasteiger partial charge in [0.1, 0.15) is 0 Å². The van der Waals surface area contributed by atoms with Gasteiger partial charge in [0.15, 0.2) is 6.29 Å². The van der Waals surface area contributed by atoms with Crippen LogP contribution in [-0.4, -0.2) is 30.7 Å². The third kappa shape index (κ3) is 3.80. The molecule has 0 bridgehead atoms. The molecule has 0 aliphatic carbocycles. The van der Waals surface area contributed by atoms with Crippen molar-refractivity contribution in [1.82, 2.24) is 0 Å². The van der Waals surface area contributed by atoms with Crippen LogP contribution < -0.4 is 0 Å². The monoisotopic (exact) mass is 236 g/mol. The van der Waals surface area contributed by atoms with Crippen molar-refractivity contribution in [1.29, 1.82) is 0 Å². The third-order valence-electron chi connectivity index (χ3n) is 3.20. The highest BCUT2D eigenvalue weighted by molar-refractivity contribution is 5.14. The molecule has 0 spiro atoms. The van der Waals surface area contributed by atoms with Gasteiger partial charge in [0, 0.05) is 13.5 Å². The van der Waals surface area contributed by atoms with E-state index in [4.69, 9.17) is 9.47 Å². The summed E-state index contributed by atoms with van der Waals surface area (Å²) in [4.78, 5) is 0. The van der Waals surface area contributed by atoms with E-state index in [1.807, 2.05) is 18.2 Å². The van der Waals surface area contributed by atoms with E-state index in [2.05, 4.69) is 12.1 Å². The molecule has 1 aromatic carbocycles. The molecule has 0 amide bonds. The second-order valence-corrected chi connectivity index (χ2v) is 4.57. The zero-order valence-electron chi connectivity index (χ0n) is 10.2. The topological polar surface area (TPSA) is 38.7 Å². The molecule has 0 aromatic heterocycles. The lowest BCUT2D eigenvalue weighted by molar-refractivity contribution is -0.204. The number of aliphatic hydroxyl groups excluding tert-OH is 1. The van der Waals surface area contributed by atoms with Gasteiger partial charge in [-0.05, 0) is 24.8 Å². The molecule has 1 aromatic rings. The molecule has 1 aliphatic rings. The predicted molar refractivity (Wildman–Crippen MR) is 65.7 cm³/mol. The van der Waals surface area contributed by atoms with Gasteiger partial charge in [-0.1, -0.05) is 30.3 Å². The largest absolute Gasteiger partial charge is 0.393 e. The van der Waals surface area contributed by atoms with Crippen LogP contribution in [0.1, 0.15) is 24.8 Å². The minimum atomic E-state index is -0.297. The molecular weight excluding hydrogens is 216 g/mol. The van der Waals surface area contributed by atoms with Crippen molar-refractivity contribution in [2.45, 2.75) is 44.2 Å². The molecule has 1 fully saturated rings. The van der Waals surface area contributed by atoms with E-state index in [1.54, 1.807) is 7.11 Å². The van der Waals surface area contributed by atoms with Gasteiger partial charge in [0.2, 0.25) is 0 Å². The zero-order valence-corrected chi connectivity index (χ0v) is 10.2. The lowest BCUT2D eigenvalue weighted by Crippen LogP contribution is -2.36. The quantitative estimate of drug-likeness (QED) is 0.870. The Bertz CT molecular complexity index is 325. The van der Waals surface area contributed by atoms with Crippen LogP contribution in [0.5, 0.6) is 0 Å². The summed E-state index contributed by atoms with van der Waals surface area (Å²) in [5.41, 5.74) is 1.31. The van der Waals surface area contributed by atoms with Crippen molar-refractivity contribution in [2.75, 3.05) is 7.11 Å². The minimum Gasteiger partial charge on any atom is -0.393 e. The number of methoxy groups -OCH3 is 1. The first-order valence-electron chi connectivity index (χ1n) is 6.18. The minimum absolute atomic E-state index is 0.101. The molecule has 1 N–H and O–H groups in total. The van der Waals surface area contributed by atoms with Crippen LogP contribution in [0.2, 0.25) is 0 Å². The predicted octanol–water partition coefficient (Wildman–Crippen LogP) is 2.13. The second kappa shape index (κ2) is 6.15. The SMILES string of the molecule is CO[C@H]1C[C@H](O)C[C@@H](CCc2ccccc2)O1. The molecule has 1 aliphatic heterocycles. The summed E-state index contributed by atoms with van der Waals surface area (Å²) < 4.78 is 10.9. The third-order valence-corrected chi connectivity index (χ3v) is 3.20. The summed E-state index contributed by atoms with van der Waals surface area (Å²) in [5.74, 6) is 0. The molecule has 1 saturated heterocycles. The highest BCUT2D eigenvalue weighted by Gasteiger charge is 2.27. The first-order chi connectivity index (χ1) is 8.28. The van der Waals surface area contributed by atoms with Crippen LogP contribution in [0.25, 0.3) is 0 Å². The van der Waals surface area contributed by atoms with E-state index in [0.717, 1.165) is 12.8 Å². The van der Waals surface area contributed by atoms with E-state index >= 15 is 0 Å². The summed E-state index contributed by atoms with van der Waals surface area (Å²) in [6.45, 7) is 0. The maximum atomic E-state index is 9.72. The average Bonchev–Trinajstić information content (AvgIpc) is 2.37. The first-order valence-corrected chi connectivity index (χ1v) is 6.18. The number of rotatable bonds is 4. The lowest BCUT2D eigenvalue weighted by Gasteiger charge is -2.32. The van der Waals surface area contributed by atoms with Gasteiger partial charge in [0.05, 0.1) is 12.2 Å². The van der Waals surface area contributed by atoms with Gasteiger partial charge < -0.3 is 14.6 Å². The molecule has 3 atom stereocenters. The Morgan fingerprint density at radius 1 is 1.29 bits per heavy atom. The van der Waals surface area contributed by atoms with Gasteiger partial charge in [0.25, 0.3) is 0 Å². The standard InChI is InChI=1S/C14H20O3/c1-16-14-10-12(15)9-13(17-14)8-7-11-5-3-2-4-6-11/h2-6,12-15H,7-10H2,1H3/t12-,13-,14-/m1/s1. The Labute approximate surface area is 102 Å². The number of aryl methyl sites for hydroxylation is 1. The maximum absolute atomic E-state index is 9.72. The smallest absolute Gasteiger partial charge is 0.160 e. The fraction of sp³-hybridized carbons (Fsp3) is 0.571. The number of aliphatic hydroxyl groups is 1. The van der Waals surface area contributed by atoms with Crippen LogP contribution >= 0.6 is 0 Å². The summed E-state index contributed by atoms with van der Waals surface area (Å²) in [5, 5.41) is 9.72. The van der Waals surface area contributed by atoms with Crippen LogP contribution in [0.3, 0.4) is 0 Å². The van der Waals surface area contributed by atoms with E-state index in [-0.39, 0.29) is 18.5 Å².